The molecule has 1 aromatic carbocycles. The first-order valence-electron chi connectivity index (χ1n) is 6.07. The van der Waals surface area contributed by atoms with E-state index < -0.39 is 10.8 Å². The number of fused-ring (bicyclic) bond motifs is 1. The summed E-state index contributed by atoms with van der Waals surface area (Å²) in [6.07, 6.45) is 3.05. The molecule has 8 heteroatoms. The Balaban J connectivity index is 1.94. The zero-order valence-electron chi connectivity index (χ0n) is 10.7. The Morgan fingerprint density at radius 3 is 2.90 bits per heavy atom. The Kier molecular flexibility index (Phi) is 3.26. The molecule has 7 nitrogen and oxygen atoms in total. The molecule has 0 spiro atoms. The summed E-state index contributed by atoms with van der Waals surface area (Å²) in [6.45, 7) is 0.638. The first-order chi connectivity index (χ1) is 10.1. The number of nitro benzene ring substituents is 1. The minimum atomic E-state index is -0.591. The highest BCUT2D eigenvalue weighted by atomic mass is 35.5. The van der Waals surface area contributed by atoms with Crippen molar-refractivity contribution in [1.29, 1.82) is 0 Å². The molecular weight excluding hydrogens is 296 g/mol. The van der Waals surface area contributed by atoms with Crippen LogP contribution in [0.1, 0.15) is 21.6 Å². The SMILES string of the molecule is O=C(c1cc(Cl)ccc1[N+](=O)[O-])N1Cc2cncnc2C1. The smallest absolute Gasteiger partial charge is 0.282 e. The van der Waals surface area contributed by atoms with Gasteiger partial charge in [-0.25, -0.2) is 9.97 Å². The molecular formula is C13H9ClN4O3. The van der Waals surface area contributed by atoms with E-state index in [9.17, 15) is 14.9 Å². The summed E-state index contributed by atoms with van der Waals surface area (Å²) in [7, 11) is 0. The van der Waals surface area contributed by atoms with Crippen LogP contribution in [0.15, 0.2) is 30.7 Å². The van der Waals surface area contributed by atoms with Gasteiger partial charge in [0.2, 0.25) is 0 Å². The summed E-state index contributed by atoms with van der Waals surface area (Å²) >= 11 is 5.85. The van der Waals surface area contributed by atoms with E-state index in [0.717, 1.165) is 11.3 Å². The molecule has 106 valence electrons. The van der Waals surface area contributed by atoms with Crippen molar-refractivity contribution < 1.29 is 9.72 Å². The zero-order valence-corrected chi connectivity index (χ0v) is 11.4. The van der Waals surface area contributed by atoms with Gasteiger partial charge in [-0.2, -0.15) is 0 Å². The number of benzene rings is 1. The molecule has 2 aromatic rings. The summed E-state index contributed by atoms with van der Waals surface area (Å²) < 4.78 is 0. The van der Waals surface area contributed by atoms with Crippen molar-refractivity contribution >= 4 is 23.2 Å². The maximum Gasteiger partial charge on any atom is 0.282 e. The number of rotatable bonds is 2. The van der Waals surface area contributed by atoms with Crippen molar-refractivity contribution in [2.75, 3.05) is 0 Å². The molecule has 0 saturated heterocycles. The average molecular weight is 305 g/mol. The van der Waals surface area contributed by atoms with Crippen molar-refractivity contribution in [3.8, 4) is 0 Å². The first kappa shape index (κ1) is 13.4. The van der Waals surface area contributed by atoms with Crippen molar-refractivity contribution in [3.05, 3.63) is 62.7 Å². The third-order valence-corrected chi connectivity index (χ3v) is 3.49. The van der Waals surface area contributed by atoms with Gasteiger partial charge >= 0.3 is 0 Å². The second-order valence-corrected chi connectivity index (χ2v) is 5.01. The number of nitro groups is 1. The number of hydrogen-bond donors (Lipinski definition) is 0. The number of amides is 1. The Morgan fingerprint density at radius 1 is 1.38 bits per heavy atom. The summed E-state index contributed by atoms with van der Waals surface area (Å²) in [6, 6.07) is 3.94. The van der Waals surface area contributed by atoms with E-state index in [1.165, 1.54) is 29.4 Å². The molecule has 0 unspecified atom stereocenters. The van der Waals surface area contributed by atoms with E-state index in [1.807, 2.05) is 0 Å². The molecule has 2 heterocycles. The van der Waals surface area contributed by atoms with Gasteiger partial charge in [0, 0.05) is 29.4 Å². The number of halogens is 1. The quantitative estimate of drug-likeness (QED) is 0.626. The molecule has 0 aliphatic carbocycles. The molecule has 0 saturated carbocycles. The molecule has 1 aromatic heterocycles. The Bertz CT molecular complexity index is 725. The average Bonchev–Trinajstić information content (AvgIpc) is 2.89. The second kappa shape index (κ2) is 5.10. The highest BCUT2D eigenvalue weighted by Crippen LogP contribution is 2.27. The molecule has 3 rings (SSSR count). The molecule has 0 atom stereocenters. The van der Waals surface area contributed by atoms with E-state index in [2.05, 4.69) is 9.97 Å². The number of aromatic nitrogens is 2. The lowest BCUT2D eigenvalue weighted by atomic mass is 10.1. The van der Waals surface area contributed by atoms with Crippen LogP contribution in [0.25, 0.3) is 0 Å². The minimum Gasteiger partial charge on any atom is -0.328 e. The van der Waals surface area contributed by atoms with Gasteiger partial charge < -0.3 is 4.90 Å². The maximum atomic E-state index is 12.5. The van der Waals surface area contributed by atoms with Crippen LogP contribution >= 0.6 is 11.6 Å². The van der Waals surface area contributed by atoms with Gasteiger partial charge in [-0.05, 0) is 12.1 Å². The number of nitrogens with zero attached hydrogens (tertiary/aromatic N) is 4. The molecule has 0 bridgehead atoms. The van der Waals surface area contributed by atoms with Crippen molar-refractivity contribution in [1.82, 2.24) is 14.9 Å². The summed E-state index contributed by atoms with van der Waals surface area (Å²) in [5, 5.41) is 11.3. The van der Waals surface area contributed by atoms with Gasteiger partial charge in [0.15, 0.2) is 0 Å². The third-order valence-electron chi connectivity index (χ3n) is 3.26. The van der Waals surface area contributed by atoms with Crippen LogP contribution in [-0.4, -0.2) is 25.7 Å². The molecule has 1 amide bonds. The van der Waals surface area contributed by atoms with Crippen LogP contribution in [-0.2, 0) is 13.1 Å². The van der Waals surface area contributed by atoms with Gasteiger partial charge in [0.25, 0.3) is 11.6 Å². The second-order valence-electron chi connectivity index (χ2n) is 4.57. The lowest BCUT2D eigenvalue weighted by Crippen LogP contribution is -2.26. The van der Waals surface area contributed by atoms with E-state index in [4.69, 9.17) is 11.6 Å². The van der Waals surface area contributed by atoms with E-state index in [0.29, 0.717) is 13.1 Å². The molecule has 21 heavy (non-hydrogen) atoms. The minimum absolute atomic E-state index is 0.0201. The van der Waals surface area contributed by atoms with E-state index in [-0.39, 0.29) is 16.3 Å². The molecule has 1 aliphatic heterocycles. The van der Waals surface area contributed by atoms with Crippen LogP contribution in [0.5, 0.6) is 0 Å². The lowest BCUT2D eigenvalue weighted by molar-refractivity contribution is -0.385. The predicted octanol–water partition coefficient (Wildman–Crippen LogP) is 2.19. The Labute approximate surface area is 124 Å². The zero-order chi connectivity index (χ0) is 15.0. The fraction of sp³-hybridized carbons (Fsp3) is 0.154. The maximum absolute atomic E-state index is 12.5. The van der Waals surface area contributed by atoms with Crippen LogP contribution < -0.4 is 0 Å². The Hall–Kier alpha value is -2.54. The van der Waals surface area contributed by atoms with Gasteiger partial charge in [-0.3, -0.25) is 14.9 Å². The summed E-state index contributed by atoms with van der Waals surface area (Å²) in [5.74, 6) is -0.442. The first-order valence-corrected chi connectivity index (χ1v) is 6.45. The topological polar surface area (TPSA) is 89.2 Å². The van der Waals surface area contributed by atoms with Gasteiger partial charge in [-0.1, -0.05) is 11.6 Å². The highest BCUT2D eigenvalue weighted by molar-refractivity contribution is 6.31. The van der Waals surface area contributed by atoms with Gasteiger partial charge in [0.1, 0.15) is 11.9 Å². The van der Waals surface area contributed by atoms with Gasteiger partial charge in [0.05, 0.1) is 17.2 Å². The normalized spacial score (nSPS) is 13.1. The molecule has 0 radical (unpaired) electrons. The van der Waals surface area contributed by atoms with E-state index >= 15 is 0 Å². The Morgan fingerprint density at radius 2 is 2.19 bits per heavy atom. The van der Waals surface area contributed by atoms with Crippen LogP contribution in [0, 0.1) is 10.1 Å². The fourth-order valence-corrected chi connectivity index (χ4v) is 2.43. The number of hydrogen-bond acceptors (Lipinski definition) is 5. The summed E-state index contributed by atoms with van der Waals surface area (Å²) in [5.41, 5.74) is 1.32. The van der Waals surface area contributed by atoms with E-state index in [1.54, 1.807) is 6.20 Å². The summed E-state index contributed by atoms with van der Waals surface area (Å²) in [4.78, 5) is 32.4. The molecule has 1 aliphatic rings. The standard InChI is InChI=1S/C13H9ClN4O3/c14-9-1-2-12(18(20)21)10(3-9)13(19)17-5-8-4-15-7-16-11(8)6-17/h1-4,7H,5-6H2. The van der Waals surface area contributed by atoms with Crippen molar-refractivity contribution in [2.45, 2.75) is 13.1 Å². The number of carbonyl (C=O) groups is 1. The molecule has 0 N–H and O–H groups in total. The van der Waals surface area contributed by atoms with Crippen molar-refractivity contribution in [3.63, 3.8) is 0 Å². The van der Waals surface area contributed by atoms with Crippen LogP contribution in [0.4, 0.5) is 5.69 Å². The van der Waals surface area contributed by atoms with Crippen LogP contribution in [0.2, 0.25) is 5.02 Å². The largest absolute Gasteiger partial charge is 0.328 e. The van der Waals surface area contributed by atoms with Crippen LogP contribution in [0.3, 0.4) is 0 Å². The van der Waals surface area contributed by atoms with Crippen molar-refractivity contribution in [2.24, 2.45) is 0 Å². The molecule has 0 fully saturated rings. The van der Waals surface area contributed by atoms with Gasteiger partial charge in [-0.15, -0.1) is 0 Å². The highest BCUT2D eigenvalue weighted by Gasteiger charge is 2.29. The number of carbonyl (C=O) groups excluding carboxylic acids is 1. The fourth-order valence-electron chi connectivity index (χ4n) is 2.25. The lowest BCUT2D eigenvalue weighted by Gasteiger charge is -2.15. The third kappa shape index (κ3) is 2.43. The monoisotopic (exact) mass is 304 g/mol. The predicted molar refractivity (Wildman–Crippen MR) is 73.7 cm³/mol.